The number of halogens is 2. The Balaban J connectivity index is 2.61. The largest absolute Gasteiger partial charge is 0.378 e. The number of nitro groups is 1. The first kappa shape index (κ1) is 11.0. The van der Waals surface area contributed by atoms with Crippen LogP contribution in [-0.2, 0) is 4.74 Å². The van der Waals surface area contributed by atoms with Gasteiger partial charge < -0.3 is 4.74 Å². The van der Waals surface area contributed by atoms with Crippen molar-refractivity contribution in [1.82, 2.24) is 0 Å². The quantitative estimate of drug-likeness (QED) is 0.410. The lowest BCUT2D eigenvalue weighted by atomic mass is 9.92. The lowest BCUT2D eigenvalue weighted by Crippen LogP contribution is -2.44. The third kappa shape index (κ3) is 2.45. The van der Waals surface area contributed by atoms with Gasteiger partial charge in [0.05, 0.1) is 16.9 Å². The molecule has 0 amide bonds. The third-order valence-corrected chi connectivity index (χ3v) is 3.13. The van der Waals surface area contributed by atoms with Crippen molar-refractivity contribution in [2.45, 2.75) is 35.7 Å². The number of nitrogens with zero attached hydrogens (tertiary/aromatic N) is 1. The first-order valence-corrected chi connectivity index (χ1v) is 4.88. The van der Waals surface area contributed by atoms with Crippen LogP contribution in [0.3, 0.4) is 0 Å². The summed E-state index contributed by atoms with van der Waals surface area (Å²) in [6.07, 6.45) is 0.381. The van der Waals surface area contributed by atoms with Gasteiger partial charge in [-0.3, -0.25) is 10.1 Å². The number of alkyl halides is 2. The van der Waals surface area contributed by atoms with Gasteiger partial charge in [0.2, 0.25) is 6.04 Å². The predicted molar refractivity (Wildman–Crippen MR) is 50.1 cm³/mol. The zero-order chi connectivity index (χ0) is 10.0. The number of hydrogen-bond acceptors (Lipinski definition) is 3. The van der Waals surface area contributed by atoms with Crippen LogP contribution < -0.4 is 0 Å². The average Bonchev–Trinajstić information content (AvgIpc) is 2.03. The van der Waals surface area contributed by atoms with Crippen molar-refractivity contribution in [2.75, 3.05) is 7.11 Å². The van der Waals surface area contributed by atoms with E-state index in [0.29, 0.717) is 12.8 Å². The number of hydrogen-bond donors (Lipinski definition) is 0. The maximum absolute atomic E-state index is 10.5. The van der Waals surface area contributed by atoms with E-state index >= 15 is 0 Å². The zero-order valence-corrected chi connectivity index (χ0v) is 8.66. The van der Waals surface area contributed by atoms with Crippen molar-refractivity contribution in [3.63, 3.8) is 0 Å². The van der Waals surface area contributed by atoms with Gasteiger partial charge in [0, 0.05) is 24.9 Å². The molecular formula is C7H11Cl2NO3. The van der Waals surface area contributed by atoms with Gasteiger partial charge in [0.25, 0.3) is 0 Å². The Morgan fingerprint density at radius 2 is 1.85 bits per heavy atom. The molecule has 2 unspecified atom stereocenters. The van der Waals surface area contributed by atoms with Gasteiger partial charge in [-0.15, -0.1) is 23.2 Å². The second-order valence-electron chi connectivity index (χ2n) is 3.14. The molecule has 1 aliphatic carbocycles. The van der Waals surface area contributed by atoms with Gasteiger partial charge in [0.15, 0.2) is 0 Å². The van der Waals surface area contributed by atoms with E-state index in [0.717, 1.165) is 0 Å². The lowest BCUT2D eigenvalue weighted by molar-refractivity contribution is -0.526. The van der Waals surface area contributed by atoms with Gasteiger partial charge in [0.1, 0.15) is 0 Å². The molecule has 1 saturated carbocycles. The summed E-state index contributed by atoms with van der Waals surface area (Å²) in [5, 5.41) is 9.76. The molecule has 1 fully saturated rings. The fourth-order valence-electron chi connectivity index (χ4n) is 1.58. The van der Waals surface area contributed by atoms with Crippen LogP contribution in [0.15, 0.2) is 0 Å². The summed E-state index contributed by atoms with van der Waals surface area (Å²) in [4.78, 5) is 10.2. The van der Waals surface area contributed by atoms with E-state index < -0.39 is 6.04 Å². The Morgan fingerprint density at radius 1 is 1.38 bits per heavy atom. The summed E-state index contributed by atoms with van der Waals surface area (Å²) in [6.45, 7) is 0. The molecule has 6 heteroatoms. The lowest BCUT2D eigenvalue weighted by Gasteiger charge is -2.31. The van der Waals surface area contributed by atoms with Crippen LogP contribution >= 0.6 is 23.2 Å². The molecule has 0 radical (unpaired) electrons. The maximum Gasteiger partial charge on any atom is 0.216 e. The molecule has 1 aliphatic rings. The van der Waals surface area contributed by atoms with Crippen molar-refractivity contribution >= 4 is 23.2 Å². The van der Waals surface area contributed by atoms with E-state index in [2.05, 4.69) is 0 Å². The Hall–Kier alpha value is -0.0600. The van der Waals surface area contributed by atoms with Crippen molar-refractivity contribution in [2.24, 2.45) is 0 Å². The Kier molecular flexibility index (Phi) is 3.76. The second-order valence-corrected chi connectivity index (χ2v) is 4.26. The highest BCUT2D eigenvalue weighted by Gasteiger charge is 2.41. The van der Waals surface area contributed by atoms with Crippen molar-refractivity contribution in [3.05, 3.63) is 10.1 Å². The monoisotopic (exact) mass is 227 g/mol. The highest BCUT2D eigenvalue weighted by atomic mass is 35.5. The summed E-state index contributed by atoms with van der Waals surface area (Å²) in [7, 11) is 1.52. The van der Waals surface area contributed by atoms with Gasteiger partial charge in [-0.2, -0.15) is 0 Å². The average molecular weight is 228 g/mol. The molecule has 0 heterocycles. The topological polar surface area (TPSA) is 52.4 Å². The normalized spacial score (nSPS) is 40.2. The minimum atomic E-state index is -0.628. The molecule has 1 rings (SSSR count). The molecule has 13 heavy (non-hydrogen) atoms. The smallest absolute Gasteiger partial charge is 0.216 e. The molecule has 4 nitrogen and oxygen atoms in total. The second kappa shape index (κ2) is 4.44. The van der Waals surface area contributed by atoms with Crippen molar-refractivity contribution < 1.29 is 9.66 Å². The van der Waals surface area contributed by atoms with Crippen LogP contribution in [0.2, 0.25) is 0 Å². The van der Waals surface area contributed by atoms with E-state index in [1.54, 1.807) is 0 Å². The summed E-state index contributed by atoms with van der Waals surface area (Å²) < 4.78 is 5.06. The number of methoxy groups -OCH3 is 1. The minimum Gasteiger partial charge on any atom is -0.378 e. The first-order valence-electron chi connectivity index (χ1n) is 4.00. The van der Waals surface area contributed by atoms with Crippen molar-refractivity contribution in [3.8, 4) is 0 Å². The summed E-state index contributed by atoms with van der Waals surface area (Å²) in [5.74, 6) is 0. The van der Waals surface area contributed by atoms with Crippen LogP contribution in [0.25, 0.3) is 0 Å². The molecule has 0 aromatic heterocycles. The summed E-state index contributed by atoms with van der Waals surface area (Å²) in [5.41, 5.74) is 0. The van der Waals surface area contributed by atoms with E-state index in [9.17, 15) is 10.1 Å². The molecular weight excluding hydrogens is 217 g/mol. The van der Waals surface area contributed by atoms with Crippen LogP contribution in [0, 0.1) is 10.1 Å². The molecule has 0 bridgehead atoms. The van der Waals surface area contributed by atoms with Crippen LogP contribution in [0.1, 0.15) is 12.8 Å². The molecule has 2 atom stereocenters. The summed E-state index contributed by atoms with van der Waals surface area (Å²) in [6, 6.07) is -0.628. The number of ether oxygens (including phenoxy) is 1. The Bertz CT molecular complexity index is 190. The van der Waals surface area contributed by atoms with Gasteiger partial charge in [-0.05, 0) is 0 Å². The molecule has 0 aromatic carbocycles. The van der Waals surface area contributed by atoms with Gasteiger partial charge in [-0.25, -0.2) is 0 Å². The third-order valence-electron chi connectivity index (χ3n) is 2.28. The molecule has 0 spiro atoms. The van der Waals surface area contributed by atoms with Crippen LogP contribution in [0.5, 0.6) is 0 Å². The standard InChI is InChI=1S/C7H11Cl2NO3/c1-13-7-5(8)2-4(10(11)12)3-6(7)9/h4-7H,2-3H2,1H3. The van der Waals surface area contributed by atoms with Crippen LogP contribution in [0.4, 0.5) is 0 Å². The minimum absolute atomic E-state index is 0.278. The highest BCUT2D eigenvalue weighted by Crippen LogP contribution is 2.30. The zero-order valence-electron chi connectivity index (χ0n) is 7.15. The van der Waals surface area contributed by atoms with E-state index in [4.69, 9.17) is 27.9 Å². The van der Waals surface area contributed by atoms with Gasteiger partial charge in [-0.1, -0.05) is 0 Å². The van der Waals surface area contributed by atoms with E-state index in [-0.39, 0.29) is 21.8 Å². The summed E-state index contributed by atoms with van der Waals surface area (Å²) >= 11 is 11.8. The Labute approximate surface area is 86.3 Å². The molecule has 76 valence electrons. The van der Waals surface area contributed by atoms with Crippen molar-refractivity contribution in [1.29, 1.82) is 0 Å². The SMILES string of the molecule is COC1C(Cl)CC([N+](=O)[O-])CC1Cl. The van der Waals surface area contributed by atoms with Gasteiger partial charge >= 0.3 is 0 Å². The predicted octanol–water partition coefficient (Wildman–Crippen LogP) is 1.66. The Morgan fingerprint density at radius 3 is 2.15 bits per heavy atom. The molecule has 0 aliphatic heterocycles. The maximum atomic E-state index is 10.5. The van der Waals surface area contributed by atoms with E-state index in [1.807, 2.05) is 0 Å². The van der Waals surface area contributed by atoms with E-state index in [1.165, 1.54) is 7.11 Å². The fraction of sp³-hybridized carbons (Fsp3) is 1.00. The first-order chi connectivity index (χ1) is 6.06. The molecule has 0 aromatic rings. The molecule has 0 saturated heterocycles. The fourth-order valence-corrected chi connectivity index (χ4v) is 2.62. The van der Waals surface area contributed by atoms with Crippen LogP contribution in [-0.4, -0.2) is 34.9 Å². The molecule has 0 N–H and O–H groups in total. The number of rotatable bonds is 2. The highest BCUT2D eigenvalue weighted by molar-refractivity contribution is 6.24.